The van der Waals surface area contributed by atoms with Crippen molar-refractivity contribution in [1.82, 2.24) is 9.80 Å². The van der Waals surface area contributed by atoms with Crippen molar-refractivity contribution in [1.29, 1.82) is 0 Å². The van der Waals surface area contributed by atoms with Crippen LogP contribution in [0.5, 0.6) is 0 Å². The number of hydrogen-bond donors (Lipinski definition) is 2. The van der Waals surface area contributed by atoms with Crippen molar-refractivity contribution in [2.45, 2.75) is 18.6 Å². The predicted octanol–water partition coefficient (Wildman–Crippen LogP) is 0.562. The molecule has 2 unspecified atom stereocenters. The number of hydrogen-bond acceptors (Lipinski definition) is 5. The molecule has 26 heavy (non-hydrogen) atoms. The predicted molar refractivity (Wildman–Crippen MR) is 97.4 cm³/mol. The van der Waals surface area contributed by atoms with Gasteiger partial charge in [0.1, 0.15) is 0 Å². The van der Waals surface area contributed by atoms with Gasteiger partial charge >= 0.3 is 0 Å². The smallest absolute Gasteiger partial charge is 0.261 e. The number of nitrogens with two attached hydrogens (primary N) is 1. The summed E-state index contributed by atoms with van der Waals surface area (Å²) >= 11 is 0. The number of nitrogens with zero attached hydrogens (tertiary/aromatic N) is 2. The zero-order valence-corrected chi connectivity index (χ0v) is 14.7. The molecule has 0 fully saturated rings. The molecule has 0 saturated carbocycles. The molecule has 7 nitrogen and oxygen atoms in total. The second-order valence-electron chi connectivity index (χ2n) is 6.24. The minimum atomic E-state index is -2.13. The highest BCUT2D eigenvalue weighted by Crippen LogP contribution is 2.26. The number of amides is 3. The number of benzene rings is 1. The number of primary amides is 1. The highest BCUT2D eigenvalue weighted by Gasteiger charge is 2.48. The van der Waals surface area contributed by atoms with Crippen LogP contribution in [0, 0.1) is 0 Å². The summed E-state index contributed by atoms with van der Waals surface area (Å²) in [6.07, 6.45) is 3.23. The number of rotatable bonds is 9. The number of β-amino-alcohol motifs (C(OH)–C–C–N with tert-alkyl or cyclic N) is 1. The van der Waals surface area contributed by atoms with E-state index in [0.29, 0.717) is 13.1 Å². The summed E-state index contributed by atoms with van der Waals surface area (Å²) in [5.41, 5.74) is 3.82. The summed E-state index contributed by atoms with van der Waals surface area (Å²) in [5, 5.41) is 11.0. The third kappa shape index (κ3) is 3.31. The highest BCUT2D eigenvalue weighted by molar-refractivity contribution is 6.21. The van der Waals surface area contributed by atoms with E-state index in [0.717, 1.165) is 4.90 Å². The average molecular weight is 357 g/mol. The molecular formula is C19H23N3O4. The van der Waals surface area contributed by atoms with Crippen molar-refractivity contribution in [3.05, 3.63) is 60.7 Å². The van der Waals surface area contributed by atoms with Crippen molar-refractivity contribution in [3.63, 3.8) is 0 Å². The number of carbonyl (C=O) groups is 3. The Kier molecular flexibility index (Phi) is 5.74. The molecule has 1 aromatic rings. The van der Waals surface area contributed by atoms with Crippen LogP contribution in [0.2, 0.25) is 0 Å². The maximum atomic E-state index is 12.5. The standard InChI is InChI=1S/C19H23N3O4/c1-4-10-21(11-5-2)13(3)19(26,18(20)25)12-22-16(23)14-8-6-7-9-15(14)17(22)24/h4-9,13,26H,1-2,10-12H2,3H3,(H2,20,25). The molecule has 138 valence electrons. The van der Waals surface area contributed by atoms with E-state index in [9.17, 15) is 19.5 Å². The summed E-state index contributed by atoms with van der Waals surface area (Å²) in [5.74, 6) is -2.13. The van der Waals surface area contributed by atoms with Crippen molar-refractivity contribution < 1.29 is 19.5 Å². The maximum Gasteiger partial charge on any atom is 0.261 e. The first kappa shape index (κ1) is 19.6. The lowest BCUT2D eigenvalue weighted by Gasteiger charge is -2.39. The lowest BCUT2D eigenvalue weighted by Crippen LogP contribution is -2.64. The second kappa shape index (κ2) is 7.63. The van der Waals surface area contributed by atoms with Gasteiger partial charge in [0.25, 0.3) is 17.7 Å². The van der Waals surface area contributed by atoms with Crippen LogP contribution in [0.4, 0.5) is 0 Å². The van der Waals surface area contributed by atoms with Gasteiger partial charge in [0.05, 0.1) is 17.7 Å². The van der Waals surface area contributed by atoms with Crippen molar-refractivity contribution in [2.24, 2.45) is 5.73 Å². The summed E-state index contributed by atoms with van der Waals surface area (Å²) in [7, 11) is 0. The molecule has 1 aromatic carbocycles. The maximum absolute atomic E-state index is 12.5. The molecule has 0 saturated heterocycles. The van der Waals surface area contributed by atoms with E-state index in [4.69, 9.17) is 5.73 Å². The first-order valence-electron chi connectivity index (χ1n) is 8.21. The van der Waals surface area contributed by atoms with Gasteiger partial charge in [-0.25, -0.2) is 0 Å². The first-order chi connectivity index (χ1) is 12.3. The molecule has 0 spiro atoms. The second-order valence-corrected chi connectivity index (χ2v) is 6.24. The Bertz CT molecular complexity index is 716. The molecule has 1 heterocycles. The summed E-state index contributed by atoms with van der Waals surface area (Å²) in [4.78, 5) is 39.8. The monoisotopic (exact) mass is 357 g/mol. The van der Waals surface area contributed by atoms with Crippen molar-refractivity contribution >= 4 is 17.7 Å². The van der Waals surface area contributed by atoms with Crippen LogP contribution in [0.1, 0.15) is 27.6 Å². The van der Waals surface area contributed by atoms with Gasteiger partial charge in [-0.3, -0.25) is 24.2 Å². The Morgan fingerprint density at radius 1 is 1.23 bits per heavy atom. The Balaban J connectivity index is 2.34. The van der Waals surface area contributed by atoms with Gasteiger partial charge in [0.15, 0.2) is 5.60 Å². The average Bonchev–Trinajstić information content (AvgIpc) is 2.86. The molecule has 0 aliphatic carbocycles. The molecule has 1 aliphatic heterocycles. The Labute approximate surface area is 152 Å². The molecular weight excluding hydrogens is 334 g/mol. The molecule has 2 rings (SSSR count). The minimum Gasteiger partial charge on any atom is -0.377 e. The molecule has 7 heteroatoms. The zero-order chi connectivity index (χ0) is 19.5. The van der Waals surface area contributed by atoms with Gasteiger partial charge in [0.2, 0.25) is 0 Å². The van der Waals surface area contributed by atoms with Crippen LogP contribution in [0.25, 0.3) is 0 Å². The Morgan fingerprint density at radius 3 is 2.08 bits per heavy atom. The van der Waals surface area contributed by atoms with Crippen LogP contribution in [-0.4, -0.2) is 63.9 Å². The third-order valence-electron chi connectivity index (χ3n) is 4.67. The minimum absolute atomic E-state index is 0.242. The number of fused-ring (bicyclic) bond motifs is 1. The quantitative estimate of drug-likeness (QED) is 0.496. The summed E-state index contributed by atoms with van der Waals surface area (Å²) in [6, 6.07) is 5.58. The van der Waals surface area contributed by atoms with Crippen LogP contribution >= 0.6 is 0 Å². The van der Waals surface area contributed by atoms with E-state index >= 15 is 0 Å². The van der Waals surface area contributed by atoms with Gasteiger partial charge in [-0.05, 0) is 19.1 Å². The van der Waals surface area contributed by atoms with E-state index in [1.54, 1.807) is 36.1 Å². The summed E-state index contributed by atoms with van der Waals surface area (Å²) < 4.78 is 0. The van der Waals surface area contributed by atoms with Gasteiger partial charge in [-0.2, -0.15) is 0 Å². The number of imide groups is 1. The van der Waals surface area contributed by atoms with Crippen LogP contribution in [0.15, 0.2) is 49.6 Å². The van der Waals surface area contributed by atoms with Gasteiger partial charge in [-0.1, -0.05) is 24.3 Å². The Hall–Kier alpha value is -2.77. The lowest BCUT2D eigenvalue weighted by molar-refractivity contribution is -0.144. The fourth-order valence-electron chi connectivity index (χ4n) is 3.06. The molecule has 0 radical (unpaired) electrons. The Morgan fingerprint density at radius 2 is 1.69 bits per heavy atom. The highest BCUT2D eigenvalue weighted by atomic mass is 16.3. The summed E-state index contributed by atoms with van der Waals surface area (Å²) in [6.45, 7) is 9.12. The third-order valence-corrected chi connectivity index (χ3v) is 4.67. The SMILES string of the molecule is C=CCN(CC=C)C(C)C(O)(CN1C(=O)c2ccccc2C1=O)C(N)=O. The van der Waals surface area contributed by atoms with Gasteiger partial charge < -0.3 is 10.8 Å². The van der Waals surface area contributed by atoms with Crippen LogP contribution in [-0.2, 0) is 4.79 Å². The molecule has 3 N–H and O–H groups in total. The van der Waals surface area contributed by atoms with Gasteiger partial charge in [-0.15, -0.1) is 13.2 Å². The van der Waals surface area contributed by atoms with E-state index < -0.39 is 35.9 Å². The zero-order valence-electron chi connectivity index (χ0n) is 14.7. The number of aliphatic hydroxyl groups is 1. The number of carbonyl (C=O) groups excluding carboxylic acids is 3. The van der Waals surface area contributed by atoms with Crippen LogP contribution < -0.4 is 5.73 Å². The molecule has 3 amide bonds. The van der Waals surface area contributed by atoms with Crippen molar-refractivity contribution in [2.75, 3.05) is 19.6 Å². The molecule has 2 atom stereocenters. The van der Waals surface area contributed by atoms with E-state index in [-0.39, 0.29) is 11.1 Å². The van der Waals surface area contributed by atoms with Gasteiger partial charge in [0, 0.05) is 19.1 Å². The van der Waals surface area contributed by atoms with E-state index in [1.165, 1.54) is 12.1 Å². The molecule has 0 bridgehead atoms. The molecule has 1 aliphatic rings. The normalized spacial score (nSPS) is 17.0. The van der Waals surface area contributed by atoms with E-state index in [1.807, 2.05) is 0 Å². The fraction of sp³-hybridized carbons (Fsp3) is 0.316. The first-order valence-corrected chi connectivity index (χ1v) is 8.21. The molecule has 0 aromatic heterocycles. The van der Waals surface area contributed by atoms with Crippen molar-refractivity contribution in [3.8, 4) is 0 Å². The van der Waals surface area contributed by atoms with Crippen LogP contribution in [0.3, 0.4) is 0 Å². The fourth-order valence-corrected chi connectivity index (χ4v) is 3.06. The topological polar surface area (TPSA) is 104 Å². The largest absolute Gasteiger partial charge is 0.377 e. The lowest BCUT2D eigenvalue weighted by atomic mass is 9.92. The van der Waals surface area contributed by atoms with E-state index in [2.05, 4.69) is 13.2 Å².